The average molecular weight is 270 g/mol. The largest absolute Gasteiger partial charge is 0.340 e. The first kappa shape index (κ1) is 14.1. The van der Waals surface area contributed by atoms with Gasteiger partial charge in [-0.05, 0) is 18.1 Å². The van der Waals surface area contributed by atoms with Gasteiger partial charge in [0.25, 0.3) is 5.56 Å². The van der Waals surface area contributed by atoms with Crippen molar-refractivity contribution in [3.63, 3.8) is 0 Å². The van der Waals surface area contributed by atoms with Crippen molar-refractivity contribution in [1.82, 2.24) is 9.47 Å². The molecule has 1 heterocycles. The van der Waals surface area contributed by atoms with E-state index in [4.69, 9.17) is 0 Å². The molecule has 0 aliphatic rings. The maximum atomic E-state index is 12.1. The second-order valence-corrected chi connectivity index (χ2v) is 4.91. The molecule has 2 aromatic rings. The highest BCUT2D eigenvalue weighted by Gasteiger charge is 2.10. The van der Waals surface area contributed by atoms with Crippen molar-refractivity contribution in [2.24, 2.45) is 0 Å². The zero-order valence-electron chi connectivity index (χ0n) is 11.7. The van der Waals surface area contributed by atoms with Crippen LogP contribution < -0.4 is 5.56 Å². The molecule has 0 saturated heterocycles. The van der Waals surface area contributed by atoms with Crippen LogP contribution in [0.15, 0.2) is 53.5 Å². The van der Waals surface area contributed by atoms with E-state index in [0.29, 0.717) is 6.54 Å². The summed E-state index contributed by atoms with van der Waals surface area (Å²) in [5, 5.41) is 0. The van der Waals surface area contributed by atoms with Gasteiger partial charge in [-0.3, -0.25) is 9.59 Å². The Bertz CT molecular complexity index is 647. The fourth-order valence-corrected chi connectivity index (χ4v) is 1.99. The molecule has 0 atom stereocenters. The van der Waals surface area contributed by atoms with Crippen LogP contribution in [0.5, 0.6) is 0 Å². The monoisotopic (exact) mass is 270 g/mol. The van der Waals surface area contributed by atoms with Crippen LogP contribution in [-0.4, -0.2) is 22.4 Å². The van der Waals surface area contributed by atoms with Crippen LogP contribution in [0.25, 0.3) is 0 Å². The second-order valence-electron chi connectivity index (χ2n) is 4.91. The molecule has 0 radical (unpaired) electrons. The number of hydrogen-bond acceptors (Lipinski definition) is 2. The van der Waals surface area contributed by atoms with Gasteiger partial charge in [-0.1, -0.05) is 36.4 Å². The maximum Gasteiger partial charge on any atom is 0.251 e. The molecule has 0 aliphatic carbocycles. The zero-order chi connectivity index (χ0) is 14.5. The van der Waals surface area contributed by atoms with Crippen LogP contribution in [0.1, 0.15) is 11.1 Å². The molecule has 2 rings (SSSR count). The van der Waals surface area contributed by atoms with Crippen LogP contribution in [0.4, 0.5) is 0 Å². The first-order valence-electron chi connectivity index (χ1n) is 6.51. The third-order valence-corrected chi connectivity index (χ3v) is 3.13. The van der Waals surface area contributed by atoms with Gasteiger partial charge < -0.3 is 9.47 Å². The Labute approximate surface area is 118 Å². The number of nitrogens with zero attached hydrogens (tertiary/aromatic N) is 2. The third kappa shape index (κ3) is 3.57. The zero-order valence-corrected chi connectivity index (χ0v) is 11.7. The molecule has 1 aromatic carbocycles. The van der Waals surface area contributed by atoms with Crippen LogP contribution in [0.2, 0.25) is 0 Å². The van der Waals surface area contributed by atoms with Crippen molar-refractivity contribution >= 4 is 5.91 Å². The number of aromatic nitrogens is 1. The van der Waals surface area contributed by atoms with Gasteiger partial charge in [0.05, 0.1) is 0 Å². The van der Waals surface area contributed by atoms with Gasteiger partial charge in [0, 0.05) is 25.9 Å². The van der Waals surface area contributed by atoms with E-state index in [1.807, 2.05) is 37.3 Å². The first-order chi connectivity index (χ1) is 9.56. The van der Waals surface area contributed by atoms with E-state index >= 15 is 0 Å². The number of carbonyl (C=O) groups is 1. The summed E-state index contributed by atoms with van der Waals surface area (Å²) in [6.45, 7) is 2.51. The van der Waals surface area contributed by atoms with E-state index in [0.717, 1.165) is 11.1 Å². The number of hydrogen-bond donors (Lipinski definition) is 0. The smallest absolute Gasteiger partial charge is 0.251 e. The molecule has 0 bridgehead atoms. The van der Waals surface area contributed by atoms with Gasteiger partial charge in [0.15, 0.2) is 0 Å². The summed E-state index contributed by atoms with van der Waals surface area (Å²) in [6, 6.07) is 13.0. The number of carbonyl (C=O) groups excluding carboxylic acids is 1. The lowest BCUT2D eigenvalue weighted by molar-refractivity contribution is -0.131. The lowest BCUT2D eigenvalue weighted by Crippen LogP contribution is -2.33. The van der Waals surface area contributed by atoms with E-state index in [9.17, 15) is 9.59 Å². The molecule has 20 heavy (non-hydrogen) atoms. The van der Waals surface area contributed by atoms with Crippen LogP contribution in [-0.2, 0) is 17.9 Å². The molecule has 0 spiro atoms. The number of amides is 1. The van der Waals surface area contributed by atoms with E-state index in [2.05, 4.69) is 0 Å². The lowest BCUT2D eigenvalue weighted by atomic mass is 10.2. The fraction of sp³-hybridized carbons (Fsp3) is 0.250. The van der Waals surface area contributed by atoms with Crippen LogP contribution in [0.3, 0.4) is 0 Å². The predicted molar refractivity (Wildman–Crippen MR) is 78.4 cm³/mol. The number of likely N-dealkylation sites (N-methyl/N-ethyl adjacent to an activating group) is 1. The van der Waals surface area contributed by atoms with E-state index in [1.54, 1.807) is 24.2 Å². The highest BCUT2D eigenvalue weighted by Crippen LogP contribution is 2.03. The average Bonchev–Trinajstić information content (AvgIpc) is 2.44. The van der Waals surface area contributed by atoms with E-state index < -0.39 is 0 Å². The molecule has 104 valence electrons. The topological polar surface area (TPSA) is 42.3 Å². The van der Waals surface area contributed by atoms with Crippen LogP contribution >= 0.6 is 0 Å². The van der Waals surface area contributed by atoms with Gasteiger partial charge in [-0.25, -0.2) is 0 Å². The first-order valence-corrected chi connectivity index (χ1v) is 6.51. The Morgan fingerprint density at radius 2 is 1.85 bits per heavy atom. The van der Waals surface area contributed by atoms with Gasteiger partial charge in [-0.15, -0.1) is 0 Å². The van der Waals surface area contributed by atoms with Crippen molar-refractivity contribution < 1.29 is 4.79 Å². The highest BCUT2D eigenvalue weighted by molar-refractivity contribution is 5.75. The Morgan fingerprint density at radius 1 is 1.15 bits per heavy atom. The molecule has 0 fully saturated rings. The summed E-state index contributed by atoms with van der Waals surface area (Å²) >= 11 is 0. The lowest BCUT2D eigenvalue weighted by Gasteiger charge is -2.18. The predicted octanol–water partition coefficient (Wildman–Crippen LogP) is 1.82. The highest BCUT2D eigenvalue weighted by atomic mass is 16.2. The standard InChI is InChI=1S/C16H18N2O2/c1-13-8-9-15(19)18(10-13)12-16(20)17(2)11-14-6-4-3-5-7-14/h3-10H,11-12H2,1-2H3. The number of pyridine rings is 1. The summed E-state index contributed by atoms with van der Waals surface area (Å²) < 4.78 is 1.44. The summed E-state index contributed by atoms with van der Waals surface area (Å²) in [5.41, 5.74) is 1.88. The molecule has 0 unspecified atom stereocenters. The van der Waals surface area contributed by atoms with E-state index in [-0.39, 0.29) is 18.0 Å². The molecule has 0 N–H and O–H groups in total. The maximum absolute atomic E-state index is 12.1. The molecular formula is C16H18N2O2. The minimum atomic E-state index is -0.155. The Hall–Kier alpha value is -2.36. The number of benzene rings is 1. The molecular weight excluding hydrogens is 252 g/mol. The van der Waals surface area contributed by atoms with Gasteiger partial charge in [0.2, 0.25) is 5.91 Å². The summed E-state index contributed by atoms with van der Waals surface area (Å²) in [6.07, 6.45) is 1.70. The molecule has 4 nitrogen and oxygen atoms in total. The van der Waals surface area contributed by atoms with Gasteiger partial charge >= 0.3 is 0 Å². The molecule has 0 saturated carbocycles. The fourth-order valence-electron chi connectivity index (χ4n) is 1.99. The van der Waals surface area contributed by atoms with Crippen molar-refractivity contribution in [2.75, 3.05) is 7.05 Å². The quantitative estimate of drug-likeness (QED) is 0.850. The van der Waals surface area contributed by atoms with Crippen LogP contribution in [0, 0.1) is 6.92 Å². The third-order valence-electron chi connectivity index (χ3n) is 3.13. The Kier molecular flexibility index (Phi) is 4.35. The summed E-state index contributed by atoms with van der Waals surface area (Å²) in [5.74, 6) is -0.0819. The van der Waals surface area contributed by atoms with Crippen molar-refractivity contribution in [3.05, 3.63) is 70.1 Å². The summed E-state index contributed by atoms with van der Waals surface area (Å²) in [7, 11) is 1.75. The number of rotatable bonds is 4. The van der Waals surface area contributed by atoms with Crippen molar-refractivity contribution in [3.8, 4) is 0 Å². The van der Waals surface area contributed by atoms with Crippen molar-refractivity contribution in [2.45, 2.75) is 20.0 Å². The molecule has 1 aromatic heterocycles. The molecule has 0 aliphatic heterocycles. The molecule has 1 amide bonds. The Balaban J connectivity index is 2.04. The van der Waals surface area contributed by atoms with Gasteiger partial charge in [-0.2, -0.15) is 0 Å². The Morgan fingerprint density at radius 3 is 2.55 bits per heavy atom. The number of aryl methyl sites for hydroxylation is 1. The minimum absolute atomic E-state index is 0.0733. The second kappa shape index (κ2) is 6.19. The van der Waals surface area contributed by atoms with Crippen molar-refractivity contribution in [1.29, 1.82) is 0 Å². The van der Waals surface area contributed by atoms with Gasteiger partial charge in [0.1, 0.15) is 6.54 Å². The minimum Gasteiger partial charge on any atom is -0.340 e. The van der Waals surface area contributed by atoms with E-state index in [1.165, 1.54) is 10.6 Å². The molecule has 4 heteroatoms. The normalized spacial score (nSPS) is 10.3. The summed E-state index contributed by atoms with van der Waals surface area (Å²) in [4.78, 5) is 25.5. The SMILES string of the molecule is Cc1ccc(=O)n(CC(=O)N(C)Cc2ccccc2)c1.